The summed E-state index contributed by atoms with van der Waals surface area (Å²) in [5.74, 6) is 0.841. The molecule has 1 aliphatic carbocycles. The lowest BCUT2D eigenvalue weighted by Gasteiger charge is -2.34. The summed E-state index contributed by atoms with van der Waals surface area (Å²) in [6.07, 6.45) is 7.42. The summed E-state index contributed by atoms with van der Waals surface area (Å²) in [6, 6.07) is 18.4. The van der Waals surface area contributed by atoms with E-state index >= 15 is 0 Å². The highest BCUT2D eigenvalue weighted by atomic mass is 16.2. The van der Waals surface area contributed by atoms with E-state index in [0.717, 1.165) is 22.4 Å². The van der Waals surface area contributed by atoms with E-state index in [2.05, 4.69) is 35.6 Å². The van der Waals surface area contributed by atoms with Crippen molar-refractivity contribution in [3.63, 3.8) is 0 Å². The van der Waals surface area contributed by atoms with Crippen molar-refractivity contribution in [2.45, 2.75) is 0 Å². The van der Waals surface area contributed by atoms with E-state index in [-0.39, 0.29) is 11.8 Å². The average Bonchev–Trinajstić information content (AvgIpc) is 3.59. The predicted molar refractivity (Wildman–Crippen MR) is 155 cm³/mol. The van der Waals surface area contributed by atoms with Crippen molar-refractivity contribution in [3.8, 4) is 23.0 Å². The Labute approximate surface area is 234 Å². The SMILES string of the molecule is O=C(c1cccc(-c2nc3c([nH]2)C=CC=C=C3)n1)N1CCN(C(=O)c2cccc(-c3nc4ccccc4[nH]3)n2)CC1. The minimum Gasteiger partial charge on any atom is -0.337 e. The third kappa shape index (κ3) is 4.73. The van der Waals surface area contributed by atoms with Crippen LogP contribution in [0, 0.1) is 0 Å². The molecule has 1 fully saturated rings. The summed E-state index contributed by atoms with van der Waals surface area (Å²) < 4.78 is 0. The number of aromatic amines is 2. The molecule has 0 unspecified atom stereocenters. The van der Waals surface area contributed by atoms with Gasteiger partial charge in [-0.05, 0) is 48.6 Å². The number of benzene rings is 1. The number of aromatic nitrogens is 6. The summed E-state index contributed by atoms with van der Waals surface area (Å²) in [5.41, 5.74) is 8.27. The van der Waals surface area contributed by atoms with Crippen molar-refractivity contribution in [1.29, 1.82) is 0 Å². The van der Waals surface area contributed by atoms with Crippen molar-refractivity contribution in [2.75, 3.05) is 26.2 Å². The fourth-order valence-electron chi connectivity index (χ4n) is 4.97. The number of hydrogen-bond donors (Lipinski definition) is 2. The number of rotatable bonds is 4. The molecule has 4 aromatic heterocycles. The number of piperazine rings is 1. The number of imidazole rings is 2. The quantitative estimate of drug-likeness (QED) is 0.329. The van der Waals surface area contributed by atoms with Crippen LogP contribution in [0.1, 0.15) is 32.4 Å². The lowest BCUT2D eigenvalue weighted by atomic mass is 10.2. The molecule has 0 saturated carbocycles. The summed E-state index contributed by atoms with van der Waals surface area (Å²) in [5, 5.41) is 0. The van der Waals surface area contributed by atoms with Crippen molar-refractivity contribution >= 4 is 35.0 Å². The Morgan fingerprint density at radius 3 is 2.00 bits per heavy atom. The van der Waals surface area contributed by atoms with Crippen LogP contribution in [0.25, 0.3) is 46.2 Å². The van der Waals surface area contributed by atoms with Crippen LogP contribution in [-0.2, 0) is 0 Å². The maximum absolute atomic E-state index is 13.3. The van der Waals surface area contributed by atoms with E-state index in [0.29, 0.717) is 60.6 Å². The van der Waals surface area contributed by atoms with Crippen LogP contribution in [-0.4, -0.2) is 77.7 Å². The predicted octanol–water partition coefficient (Wildman–Crippen LogP) is 4.20. The summed E-state index contributed by atoms with van der Waals surface area (Å²) >= 11 is 0. The minimum absolute atomic E-state index is 0.175. The number of carbonyl (C=O) groups excluding carboxylic acids is 2. The van der Waals surface area contributed by atoms with Gasteiger partial charge in [-0.25, -0.2) is 19.9 Å². The number of H-pyrrole nitrogens is 2. The van der Waals surface area contributed by atoms with Gasteiger partial charge in [0.2, 0.25) is 0 Å². The van der Waals surface area contributed by atoms with E-state index in [1.165, 1.54) is 0 Å². The van der Waals surface area contributed by atoms with Gasteiger partial charge in [0.05, 0.1) is 22.4 Å². The molecule has 5 heterocycles. The highest BCUT2D eigenvalue weighted by Gasteiger charge is 2.27. The standard InChI is InChI=1S/C31H24N8O2/c40-30(26-14-6-12-24(32-26)28-34-20-8-2-1-3-9-21(20)35-28)38-16-18-39(19-17-38)31(41)27-15-7-13-25(33-27)29-36-22-10-4-5-11-23(22)37-29/h1-2,4-15H,16-19H2,(H,34,35)(H,36,37). The largest absolute Gasteiger partial charge is 0.337 e. The highest BCUT2D eigenvalue weighted by Crippen LogP contribution is 2.22. The maximum atomic E-state index is 13.3. The Hall–Kier alpha value is -5.60. The van der Waals surface area contributed by atoms with Crippen LogP contribution in [0.3, 0.4) is 0 Å². The van der Waals surface area contributed by atoms with Crippen LogP contribution in [0.5, 0.6) is 0 Å². The third-order valence-electron chi connectivity index (χ3n) is 7.10. The second-order valence-electron chi connectivity index (χ2n) is 9.72. The van der Waals surface area contributed by atoms with E-state index in [9.17, 15) is 9.59 Å². The second kappa shape index (κ2) is 10.2. The van der Waals surface area contributed by atoms with Crippen molar-refractivity contribution in [1.82, 2.24) is 39.7 Å². The number of para-hydroxylation sites is 2. The van der Waals surface area contributed by atoms with Crippen LogP contribution in [0.4, 0.5) is 0 Å². The number of allylic oxidation sites excluding steroid dienone is 2. The monoisotopic (exact) mass is 540 g/mol. The molecule has 0 atom stereocenters. The molecule has 0 bridgehead atoms. The molecule has 1 aliphatic heterocycles. The molecule has 1 saturated heterocycles. The van der Waals surface area contributed by atoms with E-state index in [4.69, 9.17) is 0 Å². The molecule has 200 valence electrons. The lowest BCUT2D eigenvalue weighted by Crippen LogP contribution is -2.50. The van der Waals surface area contributed by atoms with Gasteiger partial charge in [-0.1, -0.05) is 30.3 Å². The molecular weight excluding hydrogens is 516 g/mol. The second-order valence-corrected chi connectivity index (χ2v) is 9.72. The number of nitrogens with zero attached hydrogens (tertiary/aromatic N) is 6. The van der Waals surface area contributed by atoms with E-state index < -0.39 is 0 Å². The Morgan fingerprint density at radius 2 is 1.34 bits per heavy atom. The maximum Gasteiger partial charge on any atom is 0.272 e. The topological polar surface area (TPSA) is 124 Å². The van der Waals surface area contributed by atoms with E-state index in [1.54, 1.807) is 40.1 Å². The fraction of sp³-hybridized carbons (Fsp3) is 0.129. The van der Waals surface area contributed by atoms with Gasteiger partial charge in [-0.3, -0.25) is 9.59 Å². The molecule has 2 N–H and O–H groups in total. The number of carbonyl (C=O) groups is 2. The molecule has 41 heavy (non-hydrogen) atoms. The first kappa shape index (κ1) is 24.4. The molecule has 7 rings (SSSR count). The van der Waals surface area contributed by atoms with Crippen molar-refractivity contribution < 1.29 is 9.59 Å². The molecular formula is C31H24N8O2. The van der Waals surface area contributed by atoms with Crippen LogP contribution in [0.15, 0.2) is 78.5 Å². The molecule has 0 radical (unpaired) electrons. The summed E-state index contributed by atoms with van der Waals surface area (Å²) in [7, 11) is 0. The normalized spacial score (nSPS) is 14.3. The molecule has 2 aliphatic rings. The molecule has 10 nitrogen and oxygen atoms in total. The van der Waals surface area contributed by atoms with Crippen molar-refractivity contribution in [3.05, 3.63) is 101 Å². The number of pyridine rings is 2. The third-order valence-corrected chi connectivity index (χ3v) is 7.10. The summed E-state index contributed by atoms with van der Waals surface area (Å²) in [6.45, 7) is 1.60. The highest BCUT2D eigenvalue weighted by molar-refractivity contribution is 5.94. The number of hydrogen-bond acceptors (Lipinski definition) is 6. The minimum atomic E-state index is -0.181. The zero-order valence-electron chi connectivity index (χ0n) is 21.9. The van der Waals surface area contributed by atoms with Gasteiger partial charge in [0, 0.05) is 32.3 Å². The molecule has 10 heteroatoms. The number of amides is 2. The molecule has 1 aromatic carbocycles. The Kier molecular flexibility index (Phi) is 6.07. The average molecular weight is 541 g/mol. The molecule has 2 amide bonds. The van der Waals surface area contributed by atoms with Gasteiger partial charge in [0.25, 0.3) is 11.8 Å². The van der Waals surface area contributed by atoms with Gasteiger partial charge in [0.15, 0.2) is 11.6 Å². The first-order chi connectivity index (χ1) is 20.1. The Morgan fingerprint density at radius 1 is 0.707 bits per heavy atom. The smallest absolute Gasteiger partial charge is 0.272 e. The van der Waals surface area contributed by atoms with Crippen molar-refractivity contribution in [2.24, 2.45) is 0 Å². The first-order valence-corrected chi connectivity index (χ1v) is 13.3. The van der Waals surface area contributed by atoms with Gasteiger partial charge in [-0.2, -0.15) is 0 Å². The van der Waals surface area contributed by atoms with Gasteiger partial charge < -0.3 is 19.8 Å². The number of nitrogens with one attached hydrogen (secondary N) is 2. The fourth-order valence-corrected chi connectivity index (χ4v) is 4.97. The van der Waals surface area contributed by atoms with Gasteiger partial charge >= 0.3 is 0 Å². The van der Waals surface area contributed by atoms with E-state index in [1.807, 2.05) is 54.6 Å². The van der Waals surface area contributed by atoms with Crippen LogP contribution in [0.2, 0.25) is 0 Å². The Balaban J connectivity index is 1.03. The number of fused-ring (bicyclic) bond motifs is 2. The van der Waals surface area contributed by atoms with Gasteiger partial charge in [0.1, 0.15) is 22.8 Å². The zero-order valence-corrected chi connectivity index (χ0v) is 21.9. The van der Waals surface area contributed by atoms with Crippen LogP contribution >= 0.6 is 0 Å². The van der Waals surface area contributed by atoms with Crippen LogP contribution < -0.4 is 0 Å². The van der Waals surface area contributed by atoms with Gasteiger partial charge in [-0.15, -0.1) is 5.73 Å². The molecule has 0 spiro atoms. The summed E-state index contributed by atoms with van der Waals surface area (Å²) in [4.78, 5) is 55.0. The lowest BCUT2D eigenvalue weighted by molar-refractivity contribution is 0.0529. The first-order valence-electron chi connectivity index (χ1n) is 13.3. The Bertz CT molecular complexity index is 1870. The molecule has 5 aromatic rings. The zero-order chi connectivity index (χ0) is 27.8.